The lowest BCUT2D eigenvalue weighted by Gasteiger charge is -2.38. The van der Waals surface area contributed by atoms with Crippen LogP contribution in [0.5, 0.6) is 0 Å². The fourth-order valence-corrected chi connectivity index (χ4v) is 1.33. The van der Waals surface area contributed by atoms with Crippen molar-refractivity contribution in [3.05, 3.63) is 12.7 Å². The van der Waals surface area contributed by atoms with Gasteiger partial charge in [-0.2, -0.15) is 0 Å². The third-order valence-electron chi connectivity index (χ3n) is 2.16. The molecule has 0 aliphatic carbocycles. The molecular weight excluding hydrogens is 176 g/mol. The van der Waals surface area contributed by atoms with Gasteiger partial charge in [0.2, 0.25) is 0 Å². The van der Waals surface area contributed by atoms with Gasteiger partial charge in [-0.1, -0.05) is 6.08 Å². The van der Waals surface area contributed by atoms with Crippen LogP contribution in [-0.4, -0.2) is 57.6 Å². The molecule has 1 heterocycles. The van der Waals surface area contributed by atoms with E-state index in [0.29, 0.717) is 0 Å². The van der Waals surface area contributed by atoms with Gasteiger partial charge in [-0.15, -0.1) is 6.58 Å². The van der Waals surface area contributed by atoms with Crippen molar-refractivity contribution in [1.82, 2.24) is 0 Å². The SMILES string of the molecule is C=C[C@@H]1O[C@H](CO)[C@@H](O)[C@H](O)[C@H]1O. The fourth-order valence-electron chi connectivity index (χ4n) is 1.33. The Balaban J connectivity index is 2.71. The van der Waals surface area contributed by atoms with E-state index in [1.54, 1.807) is 0 Å². The maximum Gasteiger partial charge on any atom is 0.112 e. The van der Waals surface area contributed by atoms with Crippen molar-refractivity contribution in [3.8, 4) is 0 Å². The largest absolute Gasteiger partial charge is 0.394 e. The molecule has 0 spiro atoms. The van der Waals surface area contributed by atoms with Gasteiger partial charge in [0.15, 0.2) is 0 Å². The zero-order valence-corrected chi connectivity index (χ0v) is 7.08. The summed E-state index contributed by atoms with van der Waals surface area (Å²) >= 11 is 0. The standard InChI is InChI=1S/C8H14O5/c1-2-4-6(10)8(12)7(11)5(3-9)13-4/h2,4-12H,1,3H2/t4-,5+,6-,7+,8+/m0/s1. The van der Waals surface area contributed by atoms with Gasteiger partial charge in [-0.05, 0) is 0 Å². The van der Waals surface area contributed by atoms with E-state index in [9.17, 15) is 15.3 Å². The molecule has 5 nitrogen and oxygen atoms in total. The Hall–Kier alpha value is -0.460. The van der Waals surface area contributed by atoms with E-state index in [0.717, 1.165) is 0 Å². The molecule has 4 N–H and O–H groups in total. The fraction of sp³-hybridized carbons (Fsp3) is 0.750. The average molecular weight is 190 g/mol. The first-order chi connectivity index (χ1) is 6.11. The van der Waals surface area contributed by atoms with E-state index >= 15 is 0 Å². The van der Waals surface area contributed by atoms with Crippen molar-refractivity contribution in [2.24, 2.45) is 0 Å². The number of aliphatic hydroxyl groups is 4. The van der Waals surface area contributed by atoms with Crippen LogP contribution in [0.15, 0.2) is 12.7 Å². The van der Waals surface area contributed by atoms with Crippen molar-refractivity contribution in [2.45, 2.75) is 30.5 Å². The summed E-state index contributed by atoms with van der Waals surface area (Å²) in [6, 6.07) is 0. The normalized spacial score (nSPS) is 46.0. The molecule has 0 aromatic rings. The molecule has 0 aromatic carbocycles. The predicted octanol–water partition coefficient (Wildman–Crippen LogP) is -1.99. The van der Waals surface area contributed by atoms with Crippen LogP contribution in [0.25, 0.3) is 0 Å². The summed E-state index contributed by atoms with van der Waals surface area (Å²) in [5.41, 5.74) is 0. The second-order valence-corrected chi connectivity index (χ2v) is 3.03. The minimum absolute atomic E-state index is 0.407. The first-order valence-electron chi connectivity index (χ1n) is 4.05. The molecule has 0 unspecified atom stereocenters. The van der Waals surface area contributed by atoms with Gasteiger partial charge in [0.1, 0.15) is 30.5 Å². The van der Waals surface area contributed by atoms with Crippen LogP contribution in [0.2, 0.25) is 0 Å². The molecule has 0 radical (unpaired) electrons. The third-order valence-corrected chi connectivity index (χ3v) is 2.16. The Morgan fingerprint density at radius 3 is 2.23 bits per heavy atom. The molecule has 1 aliphatic rings. The van der Waals surface area contributed by atoms with Gasteiger partial charge in [-0.25, -0.2) is 0 Å². The molecule has 1 rings (SSSR count). The summed E-state index contributed by atoms with van der Waals surface area (Å²) in [6.07, 6.45) is -4.08. The first-order valence-corrected chi connectivity index (χ1v) is 4.05. The summed E-state index contributed by atoms with van der Waals surface area (Å²) in [4.78, 5) is 0. The zero-order valence-electron chi connectivity index (χ0n) is 7.08. The van der Waals surface area contributed by atoms with E-state index in [-0.39, 0.29) is 0 Å². The summed E-state index contributed by atoms with van der Waals surface area (Å²) < 4.78 is 5.05. The van der Waals surface area contributed by atoms with Crippen LogP contribution < -0.4 is 0 Å². The predicted molar refractivity (Wildman–Crippen MR) is 44.0 cm³/mol. The monoisotopic (exact) mass is 190 g/mol. The molecule has 76 valence electrons. The second-order valence-electron chi connectivity index (χ2n) is 3.03. The Bertz CT molecular complexity index is 181. The maximum atomic E-state index is 9.33. The molecular formula is C8H14O5. The first kappa shape index (κ1) is 10.6. The molecule has 0 amide bonds. The minimum Gasteiger partial charge on any atom is -0.394 e. The van der Waals surface area contributed by atoms with E-state index in [1.165, 1.54) is 6.08 Å². The number of ether oxygens (including phenoxy) is 1. The number of rotatable bonds is 2. The lowest BCUT2D eigenvalue weighted by atomic mass is 9.95. The number of aliphatic hydroxyl groups excluding tert-OH is 4. The molecule has 0 bridgehead atoms. The highest BCUT2D eigenvalue weighted by molar-refractivity contribution is 4.98. The Morgan fingerprint density at radius 2 is 1.77 bits per heavy atom. The molecule has 1 saturated heterocycles. The van der Waals surface area contributed by atoms with Crippen LogP contribution in [0.3, 0.4) is 0 Å². The molecule has 1 fully saturated rings. The smallest absolute Gasteiger partial charge is 0.112 e. The lowest BCUT2D eigenvalue weighted by molar-refractivity contribution is -0.216. The molecule has 0 saturated carbocycles. The summed E-state index contributed by atoms with van der Waals surface area (Å²) in [7, 11) is 0. The van der Waals surface area contributed by atoms with Gasteiger partial charge in [0.25, 0.3) is 0 Å². The van der Waals surface area contributed by atoms with E-state index in [4.69, 9.17) is 9.84 Å². The van der Waals surface area contributed by atoms with Gasteiger partial charge in [0.05, 0.1) is 6.61 Å². The van der Waals surface area contributed by atoms with Crippen molar-refractivity contribution in [1.29, 1.82) is 0 Å². The topological polar surface area (TPSA) is 90.2 Å². The summed E-state index contributed by atoms with van der Waals surface area (Å²) in [5.74, 6) is 0. The lowest BCUT2D eigenvalue weighted by Crippen LogP contribution is -2.57. The average Bonchev–Trinajstić information content (AvgIpc) is 2.15. The van der Waals surface area contributed by atoms with Gasteiger partial charge in [-0.3, -0.25) is 0 Å². The van der Waals surface area contributed by atoms with E-state index in [1.807, 2.05) is 0 Å². The van der Waals surface area contributed by atoms with E-state index < -0.39 is 37.1 Å². The molecule has 5 heteroatoms. The van der Waals surface area contributed by atoms with Crippen LogP contribution in [-0.2, 0) is 4.74 Å². The highest BCUT2D eigenvalue weighted by atomic mass is 16.5. The van der Waals surface area contributed by atoms with Crippen molar-refractivity contribution < 1.29 is 25.2 Å². The quantitative estimate of drug-likeness (QED) is 0.379. The molecule has 0 aromatic heterocycles. The second kappa shape index (κ2) is 4.17. The van der Waals surface area contributed by atoms with Crippen LogP contribution in [0.4, 0.5) is 0 Å². The molecule has 13 heavy (non-hydrogen) atoms. The highest BCUT2D eigenvalue weighted by Gasteiger charge is 2.41. The highest BCUT2D eigenvalue weighted by Crippen LogP contribution is 2.21. The summed E-state index contributed by atoms with van der Waals surface area (Å²) in [6.45, 7) is 3.00. The van der Waals surface area contributed by atoms with Crippen LogP contribution >= 0.6 is 0 Å². The van der Waals surface area contributed by atoms with Crippen molar-refractivity contribution in [3.63, 3.8) is 0 Å². The van der Waals surface area contributed by atoms with Crippen LogP contribution in [0, 0.1) is 0 Å². The third kappa shape index (κ3) is 1.90. The van der Waals surface area contributed by atoms with E-state index in [2.05, 4.69) is 6.58 Å². The van der Waals surface area contributed by atoms with Crippen molar-refractivity contribution in [2.75, 3.05) is 6.61 Å². The van der Waals surface area contributed by atoms with Gasteiger partial charge >= 0.3 is 0 Å². The molecule has 1 aliphatic heterocycles. The Kier molecular flexibility index (Phi) is 3.40. The maximum absolute atomic E-state index is 9.33. The number of hydrogen-bond acceptors (Lipinski definition) is 5. The Labute approximate surface area is 75.9 Å². The van der Waals surface area contributed by atoms with Gasteiger partial charge < -0.3 is 25.2 Å². The molecule has 5 atom stereocenters. The zero-order chi connectivity index (χ0) is 10.0. The Morgan fingerprint density at radius 1 is 1.15 bits per heavy atom. The number of hydrogen-bond donors (Lipinski definition) is 4. The van der Waals surface area contributed by atoms with Crippen molar-refractivity contribution >= 4 is 0 Å². The van der Waals surface area contributed by atoms with Gasteiger partial charge in [0, 0.05) is 0 Å². The minimum atomic E-state index is -1.31. The summed E-state index contributed by atoms with van der Waals surface area (Å²) in [5, 5.41) is 36.7. The van der Waals surface area contributed by atoms with Crippen LogP contribution in [0.1, 0.15) is 0 Å².